The summed E-state index contributed by atoms with van der Waals surface area (Å²) in [6.07, 6.45) is 0. The van der Waals surface area contributed by atoms with E-state index in [4.69, 9.17) is 11.6 Å². The summed E-state index contributed by atoms with van der Waals surface area (Å²) >= 11 is 6.16. The summed E-state index contributed by atoms with van der Waals surface area (Å²) in [5.41, 5.74) is 2.70. The highest BCUT2D eigenvalue weighted by atomic mass is 35.5. The molecule has 0 amide bonds. The SMILES string of the molecule is Fc1c(-c2ccccc2)cc(Cl)cc1-c1ccccc1. The van der Waals surface area contributed by atoms with Crippen molar-refractivity contribution in [3.05, 3.63) is 83.6 Å². The summed E-state index contributed by atoms with van der Waals surface area (Å²) in [4.78, 5) is 0. The van der Waals surface area contributed by atoms with Crippen molar-refractivity contribution in [2.75, 3.05) is 0 Å². The first-order valence-corrected chi connectivity index (χ1v) is 6.73. The van der Waals surface area contributed by atoms with E-state index >= 15 is 0 Å². The maximum absolute atomic E-state index is 14.8. The Hall–Kier alpha value is -2.12. The normalized spacial score (nSPS) is 10.5. The Balaban J connectivity index is 2.22. The van der Waals surface area contributed by atoms with Gasteiger partial charge in [0.1, 0.15) is 5.82 Å². The second-order valence-electron chi connectivity index (χ2n) is 4.55. The number of hydrogen-bond acceptors (Lipinski definition) is 0. The predicted octanol–water partition coefficient (Wildman–Crippen LogP) is 5.81. The zero-order valence-electron chi connectivity index (χ0n) is 10.7. The third-order valence-corrected chi connectivity index (χ3v) is 3.43. The van der Waals surface area contributed by atoms with Gasteiger partial charge in [0.05, 0.1) is 0 Å². The monoisotopic (exact) mass is 282 g/mol. The molecule has 0 nitrogen and oxygen atoms in total. The molecule has 3 aromatic rings. The standard InChI is InChI=1S/C18H12ClF/c19-15-11-16(13-7-3-1-4-8-13)18(20)17(12-15)14-9-5-2-6-10-14/h1-12H. The van der Waals surface area contributed by atoms with Gasteiger partial charge in [0.2, 0.25) is 0 Å². The molecule has 3 rings (SSSR count). The van der Waals surface area contributed by atoms with E-state index in [2.05, 4.69) is 0 Å². The Morgan fingerprint density at radius 1 is 0.650 bits per heavy atom. The number of rotatable bonds is 2. The van der Waals surface area contributed by atoms with Crippen molar-refractivity contribution >= 4 is 11.6 Å². The van der Waals surface area contributed by atoms with E-state index in [1.54, 1.807) is 12.1 Å². The minimum atomic E-state index is -0.244. The molecule has 0 N–H and O–H groups in total. The van der Waals surface area contributed by atoms with Crippen LogP contribution >= 0.6 is 11.6 Å². The molecule has 0 aliphatic heterocycles. The average molecular weight is 283 g/mol. The number of benzene rings is 3. The van der Waals surface area contributed by atoms with Crippen LogP contribution < -0.4 is 0 Å². The van der Waals surface area contributed by atoms with Crippen molar-refractivity contribution in [2.45, 2.75) is 0 Å². The third kappa shape index (κ3) is 2.45. The first kappa shape index (κ1) is 12.9. The molecule has 0 aliphatic carbocycles. The van der Waals surface area contributed by atoms with Gasteiger partial charge in [0, 0.05) is 16.1 Å². The van der Waals surface area contributed by atoms with Crippen LogP contribution in [0.15, 0.2) is 72.8 Å². The van der Waals surface area contributed by atoms with Crippen molar-refractivity contribution in [3.63, 3.8) is 0 Å². The zero-order chi connectivity index (χ0) is 13.9. The van der Waals surface area contributed by atoms with E-state index in [0.29, 0.717) is 16.1 Å². The minimum absolute atomic E-state index is 0.244. The van der Waals surface area contributed by atoms with Gasteiger partial charge in [0.25, 0.3) is 0 Å². The molecule has 0 atom stereocenters. The molecular formula is C18H12ClF. The predicted molar refractivity (Wildman–Crippen MR) is 82.3 cm³/mol. The first-order chi connectivity index (χ1) is 9.75. The Morgan fingerprint density at radius 3 is 1.45 bits per heavy atom. The van der Waals surface area contributed by atoms with Crippen molar-refractivity contribution in [3.8, 4) is 22.3 Å². The van der Waals surface area contributed by atoms with Crippen molar-refractivity contribution in [1.29, 1.82) is 0 Å². The lowest BCUT2D eigenvalue weighted by molar-refractivity contribution is 0.635. The van der Waals surface area contributed by atoms with Crippen molar-refractivity contribution in [1.82, 2.24) is 0 Å². The molecule has 0 saturated heterocycles. The molecule has 98 valence electrons. The molecule has 0 unspecified atom stereocenters. The maximum atomic E-state index is 14.8. The maximum Gasteiger partial charge on any atom is 0.138 e. The van der Waals surface area contributed by atoms with Gasteiger partial charge in [-0.3, -0.25) is 0 Å². The molecule has 0 aliphatic rings. The summed E-state index contributed by atoms with van der Waals surface area (Å²) in [6.45, 7) is 0. The third-order valence-electron chi connectivity index (χ3n) is 3.21. The summed E-state index contributed by atoms with van der Waals surface area (Å²) in [7, 11) is 0. The fraction of sp³-hybridized carbons (Fsp3) is 0. The lowest BCUT2D eigenvalue weighted by Gasteiger charge is -2.10. The highest BCUT2D eigenvalue weighted by Crippen LogP contribution is 2.33. The fourth-order valence-corrected chi connectivity index (χ4v) is 2.46. The summed E-state index contributed by atoms with van der Waals surface area (Å²) in [5.74, 6) is -0.244. The summed E-state index contributed by atoms with van der Waals surface area (Å²) < 4.78 is 14.8. The van der Waals surface area contributed by atoms with Crippen LogP contribution in [0.1, 0.15) is 0 Å². The van der Waals surface area contributed by atoms with E-state index in [1.807, 2.05) is 60.7 Å². The van der Waals surface area contributed by atoms with Crippen molar-refractivity contribution < 1.29 is 4.39 Å². The van der Waals surface area contributed by atoms with Gasteiger partial charge < -0.3 is 0 Å². The number of hydrogen-bond donors (Lipinski definition) is 0. The Labute approximate surface area is 122 Å². The van der Waals surface area contributed by atoms with E-state index in [-0.39, 0.29) is 5.82 Å². The number of halogens is 2. The van der Waals surface area contributed by atoms with Gasteiger partial charge in [-0.1, -0.05) is 72.3 Å². The first-order valence-electron chi connectivity index (χ1n) is 6.35. The van der Waals surface area contributed by atoms with E-state index in [1.165, 1.54) is 0 Å². The van der Waals surface area contributed by atoms with Crippen LogP contribution in [0, 0.1) is 5.82 Å². The van der Waals surface area contributed by atoms with Crippen LogP contribution in [0.5, 0.6) is 0 Å². The van der Waals surface area contributed by atoms with Gasteiger partial charge in [-0.15, -0.1) is 0 Å². The van der Waals surface area contributed by atoms with E-state index in [9.17, 15) is 4.39 Å². The van der Waals surface area contributed by atoms with Gasteiger partial charge in [-0.25, -0.2) is 4.39 Å². The highest BCUT2D eigenvalue weighted by Gasteiger charge is 2.13. The lowest BCUT2D eigenvalue weighted by Crippen LogP contribution is -1.90. The van der Waals surface area contributed by atoms with Gasteiger partial charge in [-0.2, -0.15) is 0 Å². The molecule has 0 radical (unpaired) electrons. The molecule has 0 fully saturated rings. The Kier molecular flexibility index (Phi) is 3.53. The second-order valence-corrected chi connectivity index (χ2v) is 4.98. The van der Waals surface area contributed by atoms with Crippen LogP contribution in [0.4, 0.5) is 4.39 Å². The van der Waals surface area contributed by atoms with Crippen LogP contribution in [-0.4, -0.2) is 0 Å². The van der Waals surface area contributed by atoms with Crippen LogP contribution in [-0.2, 0) is 0 Å². The van der Waals surface area contributed by atoms with Crippen LogP contribution in [0.2, 0.25) is 5.02 Å². The van der Waals surface area contributed by atoms with E-state index < -0.39 is 0 Å². The highest BCUT2D eigenvalue weighted by molar-refractivity contribution is 6.31. The Bertz CT molecular complexity index is 660. The van der Waals surface area contributed by atoms with Gasteiger partial charge >= 0.3 is 0 Å². The second kappa shape index (κ2) is 5.48. The topological polar surface area (TPSA) is 0 Å². The smallest absolute Gasteiger partial charge is 0.138 e. The molecule has 0 bridgehead atoms. The molecule has 0 spiro atoms. The lowest BCUT2D eigenvalue weighted by atomic mass is 9.98. The molecular weight excluding hydrogens is 271 g/mol. The molecule has 2 heteroatoms. The largest absolute Gasteiger partial charge is 0.206 e. The average Bonchev–Trinajstić information content (AvgIpc) is 2.51. The van der Waals surface area contributed by atoms with Crippen molar-refractivity contribution in [2.24, 2.45) is 0 Å². The molecule has 0 aromatic heterocycles. The minimum Gasteiger partial charge on any atom is -0.206 e. The zero-order valence-corrected chi connectivity index (χ0v) is 11.4. The quantitative estimate of drug-likeness (QED) is 0.556. The Morgan fingerprint density at radius 2 is 1.05 bits per heavy atom. The molecule has 20 heavy (non-hydrogen) atoms. The molecule has 0 saturated carbocycles. The van der Waals surface area contributed by atoms with E-state index in [0.717, 1.165) is 11.1 Å². The fourth-order valence-electron chi connectivity index (χ4n) is 2.24. The summed E-state index contributed by atoms with van der Waals surface area (Å²) in [6, 6.07) is 22.2. The van der Waals surface area contributed by atoms with Gasteiger partial charge in [-0.05, 0) is 23.3 Å². The van der Waals surface area contributed by atoms with Crippen LogP contribution in [0.3, 0.4) is 0 Å². The van der Waals surface area contributed by atoms with Crippen LogP contribution in [0.25, 0.3) is 22.3 Å². The molecule has 3 aromatic carbocycles. The van der Waals surface area contributed by atoms with Gasteiger partial charge in [0.15, 0.2) is 0 Å². The molecule has 0 heterocycles. The summed E-state index contributed by atoms with van der Waals surface area (Å²) in [5, 5.41) is 0.532.